The number of non-ortho nitro benzene ring substituents is 1. The number of esters is 1. The lowest BCUT2D eigenvalue weighted by Crippen LogP contribution is -2.40. The van der Waals surface area contributed by atoms with E-state index in [4.69, 9.17) is 21.4 Å². The van der Waals surface area contributed by atoms with Gasteiger partial charge in [-0.2, -0.15) is 5.10 Å². The highest BCUT2D eigenvalue weighted by molar-refractivity contribution is 7.07. The Morgan fingerprint density at radius 1 is 1.11 bits per heavy atom. The molecule has 0 saturated heterocycles. The molecule has 0 fully saturated rings. The predicted octanol–water partition coefficient (Wildman–Crippen LogP) is 5.21. The molecule has 3 heterocycles. The molecule has 3 aromatic carbocycles. The molecule has 0 aliphatic carbocycles. The van der Waals surface area contributed by atoms with Crippen molar-refractivity contribution in [2.45, 2.75) is 19.9 Å². The second kappa shape index (κ2) is 11.9. The lowest BCUT2D eigenvalue weighted by atomic mass is 9.95. The zero-order chi connectivity index (χ0) is 31.0. The van der Waals surface area contributed by atoms with Crippen LogP contribution in [0.25, 0.3) is 23.0 Å². The van der Waals surface area contributed by atoms with E-state index in [9.17, 15) is 19.7 Å². The Balaban J connectivity index is 1.57. The van der Waals surface area contributed by atoms with Crippen molar-refractivity contribution in [1.82, 2.24) is 14.3 Å². The second-order valence-corrected chi connectivity index (χ2v) is 11.3. The summed E-state index contributed by atoms with van der Waals surface area (Å²) in [5.41, 5.74) is 3.28. The summed E-state index contributed by atoms with van der Waals surface area (Å²) in [7, 11) is 0. The second-order valence-electron chi connectivity index (χ2n) is 9.87. The van der Waals surface area contributed by atoms with Gasteiger partial charge in [-0.25, -0.2) is 14.5 Å². The Bertz CT molecular complexity index is 2130. The fraction of sp³-hybridized carbons (Fsp3) is 0.125. The number of nitro groups is 1. The first-order valence-electron chi connectivity index (χ1n) is 13.6. The lowest BCUT2D eigenvalue weighted by molar-refractivity contribution is -0.384. The average Bonchev–Trinajstić information content (AvgIpc) is 3.58. The van der Waals surface area contributed by atoms with Crippen LogP contribution >= 0.6 is 22.9 Å². The quantitative estimate of drug-likeness (QED) is 0.139. The van der Waals surface area contributed by atoms with Gasteiger partial charge in [0, 0.05) is 34.5 Å². The first-order chi connectivity index (χ1) is 21.2. The smallest absolute Gasteiger partial charge is 0.338 e. The summed E-state index contributed by atoms with van der Waals surface area (Å²) in [4.78, 5) is 43.4. The molecule has 1 aliphatic rings. The van der Waals surface area contributed by atoms with E-state index in [0.29, 0.717) is 36.9 Å². The summed E-state index contributed by atoms with van der Waals surface area (Å²) in [6.45, 7) is 3.45. The first kappa shape index (κ1) is 29.0. The van der Waals surface area contributed by atoms with Crippen LogP contribution in [0, 0.1) is 10.1 Å². The molecular weight excluding hydrogens is 602 g/mol. The number of hydrogen-bond acceptors (Lipinski definition) is 8. The third-order valence-corrected chi connectivity index (χ3v) is 8.32. The minimum atomic E-state index is -0.977. The monoisotopic (exact) mass is 625 g/mol. The van der Waals surface area contributed by atoms with Crippen LogP contribution in [-0.2, 0) is 9.53 Å². The number of para-hydroxylation sites is 1. The number of hydrogen-bond donors (Lipinski definition) is 0. The van der Waals surface area contributed by atoms with Crippen LogP contribution in [0.4, 0.5) is 5.69 Å². The maximum absolute atomic E-state index is 14.2. The minimum absolute atomic E-state index is 0.112. The normalized spacial score (nSPS) is 14.7. The number of rotatable bonds is 7. The van der Waals surface area contributed by atoms with E-state index in [2.05, 4.69) is 4.99 Å². The molecule has 5 aromatic rings. The predicted molar refractivity (Wildman–Crippen MR) is 168 cm³/mol. The number of carbonyl (C=O) groups is 1. The molecule has 0 amide bonds. The van der Waals surface area contributed by atoms with Crippen molar-refractivity contribution in [3.8, 4) is 16.9 Å². The van der Waals surface area contributed by atoms with Crippen molar-refractivity contribution in [3.05, 3.63) is 142 Å². The van der Waals surface area contributed by atoms with Gasteiger partial charge in [0.15, 0.2) is 4.80 Å². The number of carbonyl (C=O) groups excluding carboxylic acids is 1. The molecule has 6 rings (SSSR count). The summed E-state index contributed by atoms with van der Waals surface area (Å²) in [6.07, 6.45) is 3.58. The van der Waals surface area contributed by atoms with Gasteiger partial charge in [-0.05, 0) is 49.8 Å². The van der Waals surface area contributed by atoms with Gasteiger partial charge in [-0.3, -0.25) is 19.5 Å². The van der Waals surface area contributed by atoms with Gasteiger partial charge >= 0.3 is 5.97 Å². The minimum Gasteiger partial charge on any atom is -0.463 e. The molecule has 0 radical (unpaired) electrons. The summed E-state index contributed by atoms with van der Waals surface area (Å²) in [6, 6.07) is 21.8. The summed E-state index contributed by atoms with van der Waals surface area (Å²) in [5, 5.41) is 17.0. The first-order valence-corrected chi connectivity index (χ1v) is 14.8. The maximum Gasteiger partial charge on any atom is 0.338 e. The highest BCUT2D eigenvalue weighted by Gasteiger charge is 2.34. The van der Waals surface area contributed by atoms with Gasteiger partial charge in [0.1, 0.15) is 5.69 Å². The number of fused-ring (bicyclic) bond motifs is 1. The molecule has 220 valence electrons. The number of aromatic nitrogens is 3. The molecule has 44 heavy (non-hydrogen) atoms. The molecule has 10 nitrogen and oxygen atoms in total. The zero-order valence-electron chi connectivity index (χ0n) is 23.5. The summed E-state index contributed by atoms with van der Waals surface area (Å²) < 4.78 is 8.81. The molecular formula is C32H24ClN5O5S. The SMILES string of the molecule is CCOC(=O)C1=C(C)N=c2s/c(=C/c3cn(-c4ccccc4)nc3-c3ccc(Cl)cc3)c(=O)n2C1c1cccc([N+](=O)[O-])c1. The van der Waals surface area contributed by atoms with Crippen molar-refractivity contribution < 1.29 is 14.5 Å². The molecule has 1 atom stereocenters. The highest BCUT2D eigenvalue weighted by Crippen LogP contribution is 2.32. The van der Waals surface area contributed by atoms with Crippen LogP contribution < -0.4 is 14.9 Å². The summed E-state index contributed by atoms with van der Waals surface area (Å²) in [5.74, 6) is -0.645. The Kier molecular flexibility index (Phi) is 7.81. The van der Waals surface area contributed by atoms with Crippen molar-refractivity contribution in [2.75, 3.05) is 6.61 Å². The lowest BCUT2D eigenvalue weighted by Gasteiger charge is -2.24. The number of nitro benzene ring substituents is 1. The molecule has 0 N–H and O–H groups in total. The van der Waals surface area contributed by atoms with Gasteiger partial charge in [-0.1, -0.05) is 65.4 Å². The van der Waals surface area contributed by atoms with E-state index in [1.54, 1.807) is 42.8 Å². The fourth-order valence-corrected chi connectivity index (χ4v) is 6.26. The summed E-state index contributed by atoms with van der Waals surface area (Å²) >= 11 is 7.30. The zero-order valence-corrected chi connectivity index (χ0v) is 25.1. The topological polar surface area (TPSA) is 122 Å². The van der Waals surface area contributed by atoms with Crippen molar-refractivity contribution >= 4 is 40.7 Å². The van der Waals surface area contributed by atoms with E-state index in [1.807, 2.05) is 48.7 Å². The van der Waals surface area contributed by atoms with E-state index in [1.165, 1.54) is 22.8 Å². The Hall–Kier alpha value is -5.13. The molecule has 0 saturated carbocycles. The number of nitrogens with zero attached hydrogens (tertiary/aromatic N) is 5. The number of halogens is 1. The Morgan fingerprint density at radius 2 is 1.86 bits per heavy atom. The molecule has 1 unspecified atom stereocenters. The van der Waals surface area contributed by atoms with Crippen LogP contribution in [0.5, 0.6) is 0 Å². The van der Waals surface area contributed by atoms with Gasteiger partial charge in [0.2, 0.25) is 0 Å². The molecule has 12 heteroatoms. The van der Waals surface area contributed by atoms with Gasteiger partial charge < -0.3 is 4.74 Å². The third-order valence-electron chi connectivity index (χ3n) is 7.08. The van der Waals surface area contributed by atoms with Crippen LogP contribution in [0.3, 0.4) is 0 Å². The van der Waals surface area contributed by atoms with E-state index in [0.717, 1.165) is 22.6 Å². The van der Waals surface area contributed by atoms with Crippen LogP contribution in [-0.4, -0.2) is 31.8 Å². The van der Waals surface area contributed by atoms with E-state index >= 15 is 0 Å². The highest BCUT2D eigenvalue weighted by atomic mass is 35.5. The fourth-order valence-electron chi connectivity index (χ4n) is 5.09. The van der Waals surface area contributed by atoms with Crippen molar-refractivity contribution in [2.24, 2.45) is 4.99 Å². The number of ether oxygens (including phenoxy) is 1. The molecule has 0 bridgehead atoms. The Morgan fingerprint density at radius 3 is 2.57 bits per heavy atom. The van der Waals surface area contributed by atoms with Crippen molar-refractivity contribution in [3.63, 3.8) is 0 Å². The van der Waals surface area contributed by atoms with Gasteiger partial charge in [0.05, 0.1) is 39.1 Å². The van der Waals surface area contributed by atoms with Gasteiger partial charge in [0.25, 0.3) is 11.2 Å². The standard InChI is InChI=1S/C32H24ClN5O5S/c1-3-43-31(40)27-19(2)34-32-37(29(27)21-8-7-11-25(16-21)38(41)42)30(39)26(44-32)17-22-18-36(24-9-5-4-6-10-24)35-28(22)20-12-14-23(33)15-13-20/h4-18,29H,3H2,1-2H3/b26-17+. The van der Waals surface area contributed by atoms with Crippen LogP contribution in [0.2, 0.25) is 5.02 Å². The van der Waals surface area contributed by atoms with Crippen LogP contribution in [0.15, 0.2) is 106 Å². The van der Waals surface area contributed by atoms with Crippen molar-refractivity contribution in [1.29, 1.82) is 0 Å². The maximum atomic E-state index is 14.2. The molecule has 2 aromatic heterocycles. The number of benzene rings is 3. The average molecular weight is 626 g/mol. The molecule has 1 aliphatic heterocycles. The van der Waals surface area contributed by atoms with E-state index in [-0.39, 0.29) is 17.9 Å². The number of thiazole rings is 1. The van der Waals surface area contributed by atoms with Gasteiger partial charge in [-0.15, -0.1) is 0 Å². The largest absolute Gasteiger partial charge is 0.463 e. The van der Waals surface area contributed by atoms with E-state index < -0.39 is 22.5 Å². The Labute approximate surface area is 259 Å². The molecule has 0 spiro atoms. The number of allylic oxidation sites excluding steroid dienone is 1. The third kappa shape index (κ3) is 5.38. The van der Waals surface area contributed by atoms with Crippen LogP contribution in [0.1, 0.15) is 31.0 Å².